The maximum Gasteiger partial charge on any atom is 0.291 e. The van der Waals surface area contributed by atoms with Gasteiger partial charge in [-0.15, -0.1) is 0 Å². The molecular formula is C35H39N3O5SSi. The lowest BCUT2D eigenvalue weighted by Crippen LogP contribution is -2.41. The Morgan fingerprint density at radius 3 is 2.42 bits per heavy atom. The predicted octanol–water partition coefficient (Wildman–Crippen LogP) is 7.71. The summed E-state index contributed by atoms with van der Waals surface area (Å²) in [5.41, 5.74) is 2.64. The fourth-order valence-corrected chi connectivity index (χ4v) is 7.06. The summed E-state index contributed by atoms with van der Waals surface area (Å²) in [6, 6.07) is 19.3. The Labute approximate surface area is 266 Å². The fraction of sp³-hybridized carbons (Fsp3) is 0.286. The Morgan fingerprint density at radius 1 is 1.00 bits per heavy atom. The van der Waals surface area contributed by atoms with Crippen molar-refractivity contribution in [3.63, 3.8) is 0 Å². The third-order valence-corrected chi connectivity index (χ3v) is 14.6. The summed E-state index contributed by atoms with van der Waals surface area (Å²) in [5.74, 6) is 5.53. The number of anilines is 1. The van der Waals surface area contributed by atoms with E-state index in [0.29, 0.717) is 34.7 Å². The van der Waals surface area contributed by atoms with E-state index in [1.54, 1.807) is 67.7 Å². The first-order valence-corrected chi connectivity index (χ1v) is 19.3. The first-order valence-electron chi connectivity index (χ1n) is 14.7. The van der Waals surface area contributed by atoms with Crippen LogP contribution in [0.4, 0.5) is 5.69 Å². The molecule has 0 aliphatic rings. The van der Waals surface area contributed by atoms with E-state index in [4.69, 9.17) is 8.84 Å². The molecular weight excluding hydrogens is 603 g/mol. The van der Waals surface area contributed by atoms with Gasteiger partial charge in [-0.1, -0.05) is 56.9 Å². The zero-order valence-electron chi connectivity index (χ0n) is 26.5. The van der Waals surface area contributed by atoms with Crippen LogP contribution in [0.15, 0.2) is 99.1 Å². The molecule has 0 fully saturated rings. The number of carbonyl (C=O) groups is 2. The second-order valence-electron chi connectivity index (χ2n) is 12.2. The summed E-state index contributed by atoms with van der Waals surface area (Å²) < 4.78 is 30.0. The first kappa shape index (κ1) is 33.6. The second kappa shape index (κ2) is 14.2. The number of benzene rings is 2. The van der Waals surface area contributed by atoms with Gasteiger partial charge >= 0.3 is 0 Å². The van der Waals surface area contributed by atoms with Crippen molar-refractivity contribution in [1.29, 1.82) is 0 Å². The largest absolute Gasteiger partial charge is 0.459 e. The molecule has 234 valence electrons. The van der Waals surface area contributed by atoms with Gasteiger partial charge in [0.15, 0.2) is 14.1 Å². The molecule has 0 saturated carbocycles. The SMILES string of the molecule is Cc1ccoc1C(=O)Nc1cccc(C#Cc2cncc(C(=O)N=S(=O)(CCCO[Si](C)(C)C(C)(C)C)c3ccccc3)c2)c1. The standard InChI is InChI=1S/C35H39N3O5SSi/c1-26-18-20-42-32(26)34(40)37-30-13-10-12-27(23-30)16-17-28-22-29(25-36-24-28)33(39)38-44(41,31-14-8-7-9-15-31)21-11-19-43-45(5,6)35(2,3)4/h7-10,12-15,18,20,22-25H,11,19,21H2,1-6H3,(H,37,40). The average molecular weight is 642 g/mol. The number of furan rings is 1. The van der Waals surface area contributed by atoms with Gasteiger partial charge in [0.25, 0.3) is 11.8 Å². The lowest BCUT2D eigenvalue weighted by atomic mass is 10.1. The zero-order chi connectivity index (χ0) is 32.7. The van der Waals surface area contributed by atoms with Crippen molar-refractivity contribution in [3.05, 3.63) is 113 Å². The Balaban J connectivity index is 1.51. The van der Waals surface area contributed by atoms with Gasteiger partial charge in [0.1, 0.15) is 0 Å². The van der Waals surface area contributed by atoms with Gasteiger partial charge in [0.2, 0.25) is 0 Å². The van der Waals surface area contributed by atoms with Gasteiger partial charge < -0.3 is 14.2 Å². The monoisotopic (exact) mass is 641 g/mol. The highest BCUT2D eigenvalue weighted by Crippen LogP contribution is 2.36. The molecule has 2 amide bonds. The van der Waals surface area contributed by atoms with E-state index < -0.39 is 24.0 Å². The molecule has 1 unspecified atom stereocenters. The zero-order valence-corrected chi connectivity index (χ0v) is 28.4. The van der Waals surface area contributed by atoms with Crippen LogP contribution in [0.1, 0.15) is 64.8 Å². The van der Waals surface area contributed by atoms with Crippen molar-refractivity contribution in [2.24, 2.45) is 4.36 Å². The number of aryl methyl sites for hydroxylation is 1. The van der Waals surface area contributed by atoms with Crippen molar-refractivity contribution in [3.8, 4) is 11.8 Å². The summed E-state index contributed by atoms with van der Waals surface area (Å²) in [5, 5.41) is 2.87. The van der Waals surface area contributed by atoms with Crippen LogP contribution in [0.3, 0.4) is 0 Å². The minimum atomic E-state index is -3.06. The average Bonchev–Trinajstić information content (AvgIpc) is 3.44. The number of rotatable bonds is 9. The molecule has 0 radical (unpaired) electrons. The first-order chi connectivity index (χ1) is 21.3. The van der Waals surface area contributed by atoms with Crippen molar-refractivity contribution in [2.75, 3.05) is 17.7 Å². The van der Waals surface area contributed by atoms with Crippen molar-refractivity contribution in [2.45, 2.75) is 57.1 Å². The number of nitrogens with zero attached hydrogens (tertiary/aromatic N) is 2. The van der Waals surface area contributed by atoms with Crippen molar-refractivity contribution in [1.82, 2.24) is 4.98 Å². The molecule has 2 aromatic heterocycles. The molecule has 2 aromatic carbocycles. The van der Waals surface area contributed by atoms with Gasteiger partial charge in [-0.25, -0.2) is 4.21 Å². The van der Waals surface area contributed by atoms with E-state index in [-0.39, 0.29) is 28.0 Å². The number of hydrogen-bond donors (Lipinski definition) is 1. The van der Waals surface area contributed by atoms with Crippen LogP contribution < -0.4 is 5.32 Å². The third-order valence-electron chi connectivity index (χ3n) is 7.70. The molecule has 10 heteroatoms. The molecule has 0 spiro atoms. The Hall–Kier alpha value is -4.30. The number of pyridine rings is 1. The van der Waals surface area contributed by atoms with Crippen LogP contribution in [0.5, 0.6) is 0 Å². The molecule has 1 atom stereocenters. The number of nitrogens with one attached hydrogen (secondary N) is 1. The van der Waals surface area contributed by atoms with Gasteiger partial charge in [0.05, 0.1) is 21.6 Å². The van der Waals surface area contributed by atoms with Gasteiger partial charge in [0, 0.05) is 52.0 Å². The highest BCUT2D eigenvalue weighted by atomic mass is 32.2. The topological polar surface area (TPSA) is 111 Å². The van der Waals surface area contributed by atoms with Gasteiger partial charge in [-0.05, 0) is 73.9 Å². The number of hydrogen-bond acceptors (Lipinski definition) is 6. The molecule has 0 bridgehead atoms. The van der Waals surface area contributed by atoms with E-state index in [1.807, 2.05) is 12.1 Å². The lowest BCUT2D eigenvalue weighted by molar-refractivity contribution is 0.0991. The van der Waals surface area contributed by atoms with E-state index in [0.717, 1.165) is 5.56 Å². The Morgan fingerprint density at radius 2 is 1.73 bits per heavy atom. The second-order valence-corrected chi connectivity index (χ2v) is 19.3. The number of carbonyl (C=O) groups excluding carboxylic acids is 2. The maximum atomic E-state index is 14.2. The molecule has 1 N–H and O–H groups in total. The van der Waals surface area contributed by atoms with Crippen LogP contribution in [0, 0.1) is 18.8 Å². The summed E-state index contributed by atoms with van der Waals surface area (Å²) in [4.78, 5) is 30.5. The van der Waals surface area contributed by atoms with Crippen LogP contribution in [0.2, 0.25) is 18.1 Å². The van der Waals surface area contributed by atoms with Crippen LogP contribution >= 0.6 is 0 Å². The van der Waals surface area contributed by atoms with Gasteiger partial charge in [-0.3, -0.25) is 14.6 Å². The summed E-state index contributed by atoms with van der Waals surface area (Å²) in [7, 11) is -5.03. The van der Waals surface area contributed by atoms with E-state index in [2.05, 4.69) is 60.4 Å². The van der Waals surface area contributed by atoms with E-state index in [9.17, 15) is 13.8 Å². The third kappa shape index (κ3) is 8.88. The van der Waals surface area contributed by atoms with Crippen molar-refractivity contribution >= 4 is 35.5 Å². The molecule has 0 aliphatic heterocycles. The summed E-state index contributed by atoms with van der Waals surface area (Å²) in [6.45, 7) is 13.1. The lowest BCUT2D eigenvalue weighted by Gasteiger charge is -2.36. The maximum absolute atomic E-state index is 14.2. The van der Waals surface area contributed by atoms with Crippen molar-refractivity contribution < 1.29 is 22.6 Å². The molecule has 0 saturated heterocycles. The van der Waals surface area contributed by atoms with Crippen LogP contribution in [-0.4, -0.2) is 41.7 Å². The molecule has 4 rings (SSSR count). The van der Waals surface area contributed by atoms with Crippen LogP contribution in [0.25, 0.3) is 0 Å². The minimum absolute atomic E-state index is 0.0629. The highest BCUT2D eigenvalue weighted by molar-refractivity contribution is 7.94. The number of amides is 2. The molecule has 4 aromatic rings. The van der Waals surface area contributed by atoms with Gasteiger partial charge in [-0.2, -0.15) is 4.36 Å². The van der Waals surface area contributed by atoms with E-state index >= 15 is 0 Å². The fourth-order valence-electron chi connectivity index (χ4n) is 4.07. The van der Waals surface area contributed by atoms with Crippen LogP contribution in [-0.2, 0) is 14.2 Å². The predicted molar refractivity (Wildman–Crippen MR) is 180 cm³/mol. The summed E-state index contributed by atoms with van der Waals surface area (Å²) in [6.07, 6.45) is 4.91. The Kier molecular flexibility index (Phi) is 10.6. The molecule has 0 aliphatic carbocycles. The quantitative estimate of drug-likeness (QED) is 0.114. The Bertz CT molecular complexity index is 1860. The minimum Gasteiger partial charge on any atom is -0.459 e. The summed E-state index contributed by atoms with van der Waals surface area (Å²) >= 11 is 0. The molecule has 8 nitrogen and oxygen atoms in total. The number of aromatic nitrogens is 1. The molecule has 2 heterocycles. The normalized spacial score (nSPS) is 12.8. The smallest absolute Gasteiger partial charge is 0.291 e. The van der Waals surface area contributed by atoms with E-state index in [1.165, 1.54) is 12.5 Å². The molecule has 45 heavy (non-hydrogen) atoms. The highest BCUT2D eigenvalue weighted by Gasteiger charge is 2.37.